The Morgan fingerprint density at radius 3 is 2.95 bits per heavy atom. The molecule has 110 valence electrons. The lowest BCUT2D eigenvalue weighted by Crippen LogP contribution is -2.20. The molecule has 0 aromatic rings. The molecule has 1 fully saturated rings. The number of carboxylic acid groups (broad SMARTS) is 1. The van der Waals surface area contributed by atoms with E-state index in [9.17, 15) is 14.7 Å². The van der Waals surface area contributed by atoms with Crippen LogP contribution in [0.2, 0.25) is 0 Å². The highest BCUT2D eigenvalue weighted by atomic mass is 16.5. The lowest BCUT2D eigenvalue weighted by atomic mass is 9.97. The van der Waals surface area contributed by atoms with E-state index in [2.05, 4.69) is 0 Å². The predicted molar refractivity (Wildman–Crippen MR) is 78.0 cm³/mol. The SMILES string of the molecule is Cc1c(C(=O)O)c2cc(=O)ccc-2cn1CC1CCCO1. The van der Waals surface area contributed by atoms with E-state index in [-0.39, 0.29) is 17.1 Å². The summed E-state index contributed by atoms with van der Waals surface area (Å²) in [4.78, 5) is 23.1. The molecule has 1 atom stereocenters. The molecule has 5 nitrogen and oxygen atoms in total. The summed E-state index contributed by atoms with van der Waals surface area (Å²) in [7, 11) is 0. The number of pyridine rings is 1. The molecule has 1 saturated heterocycles. The van der Waals surface area contributed by atoms with Crippen molar-refractivity contribution in [2.75, 3.05) is 6.61 Å². The number of fused-ring (bicyclic) bond motifs is 1. The van der Waals surface area contributed by atoms with Crippen molar-refractivity contribution in [2.24, 2.45) is 0 Å². The average molecular weight is 287 g/mol. The number of carboxylic acids is 1. The van der Waals surface area contributed by atoms with E-state index in [4.69, 9.17) is 4.74 Å². The van der Waals surface area contributed by atoms with Crippen LogP contribution in [0.1, 0.15) is 28.9 Å². The summed E-state index contributed by atoms with van der Waals surface area (Å²) in [6, 6.07) is 4.53. The van der Waals surface area contributed by atoms with Gasteiger partial charge in [-0.05, 0) is 43.5 Å². The molecule has 0 radical (unpaired) electrons. The fraction of sp³-hybridized carbons (Fsp3) is 0.375. The summed E-state index contributed by atoms with van der Waals surface area (Å²) in [5.74, 6) is -1.01. The van der Waals surface area contributed by atoms with Crippen molar-refractivity contribution in [3.63, 3.8) is 0 Å². The minimum Gasteiger partial charge on any atom is -0.478 e. The van der Waals surface area contributed by atoms with E-state index in [0.717, 1.165) is 25.0 Å². The number of rotatable bonds is 3. The Kier molecular flexibility index (Phi) is 3.51. The minimum atomic E-state index is -1.01. The number of hydrogen-bond acceptors (Lipinski definition) is 3. The molecular formula is C16H17NO4. The number of hydrogen-bond donors (Lipinski definition) is 1. The summed E-state index contributed by atoms with van der Waals surface area (Å²) in [5, 5.41) is 9.49. The Balaban J connectivity index is 2.15. The number of aromatic nitrogens is 1. The topological polar surface area (TPSA) is 68.5 Å². The molecule has 3 aliphatic rings. The van der Waals surface area contributed by atoms with Crippen LogP contribution in [-0.4, -0.2) is 28.4 Å². The first-order valence-electron chi connectivity index (χ1n) is 7.05. The normalized spacial score (nSPS) is 18.2. The van der Waals surface area contributed by atoms with Crippen molar-refractivity contribution < 1.29 is 14.6 Å². The molecule has 3 rings (SSSR count). The zero-order valence-corrected chi connectivity index (χ0v) is 11.8. The zero-order valence-electron chi connectivity index (χ0n) is 11.8. The maximum Gasteiger partial charge on any atom is 0.338 e. The average Bonchev–Trinajstić information content (AvgIpc) is 2.92. The van der Waals surface area contributed by atoms with E-state index in [1.807, 2.05) is 10.8 Å². The lowest BCUT2D eigenvalue weighted by molar-refractivity contribution is 0.0693. The van der Waals surface area contributed by atoms with Crippen molar-refractivity contribution in [1.82, 2.24) is 4.57 Å². The maximum atomic E-state index is 11.6. The van der Waals surface area contributed by atoms with Crippen LogP contribution in [0.15, 0.2) is 29.2 Å². The van der Waals surface area contributed by atoms with Gasteiger partial charge in [0.25, 0.3) is 0 Å². The van der Waals surface area contributed by atoms with Gasteiger partial charge in [-0.15, -0.1) is 0 Å². The van der Waals surface area contributed by atoms with Crippen LogP contribution < -0.4 is 5.43 Å². The number of nitrogens with zero attached hydrogens (tertiary/aromatic N) is 1. The van der Waals surface area contributed by atoms with Gasteiger partial charge in [0.1, 0.15) is 0 Å². The third-order valence-corrected chi connectivity index (χ3v) is 4.02. The van der Waals surface area contributed by atoms with Crippen molar-refractivity contribution in [3.05, 3.63) is 45.9 Å². The van der Waals surface area contributed by atoms with Crippen molar-refractivity contribution in [2.45, 2.75) is 32.4 Å². The third-order valence-electron chi connectivity index (χ3n) is 4.02. The van der Waals surface area contributed by atoms with Crippen LogP contribution >= 0.6 is 0 Å². The monoisotopic (exact) mass is 287 g/mol. The minimum absolute atomic E-state index is 0.131. The highest BCUT2D eigenvalue weighted by molar-refractivity contribution is 5.97. The van der Waals surface area contributed by atoms with Crippen LogP contribution in [0.3, 0.4) is 0 Å². The second kappa shape index (κ2) is 5.33. The largest absolute Gasteiger partial charge is 0.478 e. The Hall–Kier alpha value is -2.14. The molecular weight excluding hydrogens is 270 g/mol. The van der Waals surface area contributed by atoms with Crippen molar-refractivity contribution in [3.8, 4) is 11.1 Å². The van der Waals surface area contributed by atoms with E-state index < -0.39 is 5.97 Å². The number of benzene rings is 1. The highest BCUT2D eigenvalue weighted by Gasteiger charge is 2.22. The van der Waals surface area contributed by atoms with Crippen LogP contribution in [0, 0.1) is 6.92 Å². The molecule has 0 aromatic heterocycles. The van der Waals surface area contributed by atoms with Gasteiger partial charge >= 0.3 is 5.97 Å². The molecule has 0 aromatic carbocycles. The van der Waals surface area contributed by atoms with E-state index in [1.54, 1.807) is 13.0 Å². The maximum absolute atomic E-state index is 11.6. The summed E-state index contributed by atoms with van der Waals surface area (Å²) < 4.78 is 7.55. The Morgan fingerprint density at radius 2 is 2.29 bits per heavy atom. The van der Waals surface area contributed by atoms with Gasteiger partial charge in [0.15, 0.2) is 5.43 Å². The lowest BCUT2D eigenvalue weighted by Gasteiger charge is -2.21. The van der Waals surface area contributed by atoms with Gasteiger partial charge < -0.3 is 14.4 Å². The summed E-state index contributed by atoms with van der Waals surface area (Å²) in [6.07, 6.45) is 4.07. The van der Waals surface area contributed by atoms with Crippen molar-refractivity contribution >= 4 is 5.97 Å². The quantitative estimate of drug-likeness (QED) is 0.939. The third kappa shape index (κ3) is 2.56. The van der Waals surface area contributed by atoms with Gasteiger partial charge in [0.05, 0.1) is 11.7 Å². The van der Waals surface area contributed by atoms with Gasteiger partial charge in [0, 0.05) is 30.6 Å². The summed E-state index contributed by atoms with van der Waals surface area (Å²) in [5.41, 5.74) is 1.92. The van der Waals surface area contributed by atoms with Gasteiger partial charge in [-0.3, -0.25) is 4.79 Å². The molecule has 2 aliphatic heterocycles. The van der Waals surface area contributed by atoms with Crippen LogP contribution in [0.25, 0.3) is 11.1 Å². The first-order chi connectivity index (χ1) is 10.1. The smallest absolute Gasteiger partial charge is 0.338 e. The van der Waals surface area contributed by atoms with Crippen molar-refractivity contribution in [1.29, 1.82) is 0 Å². The number of carbonyl (C=O) groups is 1. The molecule has 21 heavy (non-hydrogen) atoms. The first-order valence-corrected chi connectivity index (χ1v) is 7.05. The fourth-order valence-corrected chi connectivity index (χ4v) is 2.94. The van der Waals surface area contributed by atoms with Crippen LogP contribution in [0.5, 0.6) is 0 Å². The Labute approximate surface area is 122 Å². The van der Waals surface area contributed by atoms with Gasteiger partial charge in [0.2, 0.25) is 0 Å². The van der Waals surface area contributed by atoms with Gasteiger partial charge in [-0.25, -0.2) is 4.79 Å². The zero-order chi connectivity index (χ0) is 15.0. The Bertz CT molecular complexity index is 713. The van der Waals surface area contributed by atoms with Crippen LogP contribution in [-0.2, 0) is 11.3 Å². The molecule has 0 saturated carbocycles. The summed E-state index contributed by atoms with van der Waals surface area (Å²) >= 11 is 0. The van der Waals surface area contributed by atoms with E-state index >= 15 is 0 Å². The number of ether oxygens (including phenoxy) is 1. The Morgan fingerprint density at radius 1 is 1.48 bits per heavy atom. The fourth-order valence-electron chi connectivity index (χ4n) is 2.94. The second-order valence-electron chi connectivity index (χ2n) is 5.43. The molecule has 1 aliphatic carbocycles. The molecule has 1 N–H and O–H groups in total. The standard InChI is InChI=1S/C16H17NO4/c1-10-15(16(19)20)14-7-12(18)5-4-11(14)8-17(10)9-13-3-2-6-21-13/h4-5,7-8,13H,2-3,6,9H2,1H3,(H,19,20). The molecule has 5 heteroatoms. The van der Waals surface area contributed by atoms with E-state index in [0.29, 0.717) is 17.8 Å². The summed E-state index contributed by atoms with van der Waals surface area (Å²) in [6.45, 7) is 3.18. The molecule has 0 spiro atoms. The molecule has 0 amide bonds. The molecule has 0 bridgehead atoms. The second-order valence-corrected chi connectivity index (χ2v) is 5.43. The van der Waals surface area contributed by atoms with Gasteiger partial charge in [-0.1, -0.05) is 0 Å². The molecule has 1 unspecified atom stereocenters. The number of aromatic carboxylic acids is 1. The first kappa shape index (κ1) is 13.8. The van der Waals surface area contributed by atoms with Crippen LogP contribution in [0.4, 0.5) is 0 Å². The predicted octanol–water partition coefficient (Wildman–Crippen LogP) is 2.14. The van der Waals surface area contributed by atoms with Gasteiger partial charge in [-0.2, -0.15) is 0 Å². The van der Waals surface area contributed by atoms with E-state index in [1.165, 1.54) is 12.1 Å². The highest BCUT2D eigenvalue weighted by Crippen LogP contribution is 2.28. The molecule has 2 heterocycles.